The molecule has 3 heteroatoms. The Morgan fingerprint density at radius 1 is 1.27 bits per heavy atom. The second-order valence-corrected chi connectivity index (χ2v) is 4.87. The lowest BCUT2D eigenvalue weighted by molar-refractivity contribution is -0.147. The number of esters is 1. The van der Waals surface area contributed by atoms with Crippen LogP contribution < -0.4 is 5.32 Å². The van der Waals surface area contributed by atoms with Crippen molar-refractivity contribution >= 4 is 5.97 Å². The van der Waals surface area contributed by atoms with Gasteiger partial charge in [0, 0.05) is 6.04 Å². The lowest BCUT2D eigenvalue weighted by Crippen LogP contribution is -2.32. The van der Waals surface area contributed by atoms with E-state index in [2.05, 4.69) is 5.32 Å². The van der Waals surface area contributed by atoms with Crippen molar-refractivity contribution in [3.63, 3.8) is 0 Å². The highest BCUT2D eigenvalue weighted by Gasteiger charge is 2.46. The van der Waals surface area contributed by atoms with Crippen LogP contribution in [0.5, 0.6) is 0 Å². The number of carbonyl (C=O) groups excluding carboxylic acids is 1. The summed E-state index contributed by atoms with van der Waals surface area (Å²) in [6, 6.07) is 0.527. The lowest BCUT2D eigenvalue weighted by atomic mass is 9.77. The molecule has 4 atom stereocenters. The molecular weight excluding hydrogens is 190 g/mol. The van der Waals surface area contributed by atoms with E-state index in [9.17, 15) is 4.79 Å². The number of ether oxygens (including phenoxy) is 1. The van der Waals surface area contributed by atoms with Crippen LogP contribution in [-0.2, 0) is 9.53 Å². The molecule has 0 radical (unpaired) electrons. The molecule has 0 saturated heterocycles. The van der Waals surface area contributed by atoms with Gasteiger partial charge in [-0.05, 0) is 38.1 Å². The number of fused-ring (bicyclic) bond motifs is 1. The standard InChI is InChI=1S/C12H21NO2/c1-13-11-7-10(12(14)15-2)8-5-3-4-6-9(8)11/h8-11,13H,3-7H2,1-2H3. The quantitative estimate of drug-likeness (QED) is 0.705. The van der Waals surface area contributed by atoms with E-state index in [1.54, 1.807) is 0 Å². The van der Waals surface area contributed by atoms with Gasteiger partial charge in [0.05, 0.1) is 13.0 Å². The molecule has 2 aliphatic rings. The van der Waals surface area contributed by atoms with E-state index in [1.807, 2.05) is 7.05 Å². The number of hydrogen-bond acceptors (Lipinski definition) is 3. The Hall–Kier alpha value is -0.570. The van der Waals surface area contributed by atoms with E-state index in [0.717, 1.165) is 6.42 Å². The van der Waals surface area contributed by atoms with E-state index in [4.69, 9.17) is 4.74 Å². The molecule has 2 fully saturated rings. The number of nitrogens with one attached hydrogen (secondary N) is 1. The van der Waals surface area contributed by atoms with Crippen molar-refractivity contribution in [3.8, 4) is 0 Å². The first-order chi connectivity index (χ1) is 7.27. The normalized spacial score (nSPS) is 39.9. The zero-order chi connectivity index (χ0) is 10.8. The van der Waals surface area contributed by atoms with Gasteiger partial charge in [0.15, 0.2) is 0 Å². The Bertz CT molecular complexity index is 242. The molecule has 4 unspecified atom stereocenters. The van der Waals surface area contributed by atoms with Crippen molar-refractivity contribution in [2.75, 3.05) is 14.2 Å². The number of methoxy groups -OCH3 is 1. The molecule has 0 bridgehead atoms. The second-order valence-electron chi connectivity index (χ2n) is 4.87. The van der Waals surface area contributed by atoms with Crippen LogP contribution in [0.25, 0.3) is 0 Å². The molecule has 0 aromatic heterocycles. The lowest BCUT2D eigenvalue weighted by Gasteiger charge is -2.30. The van der Waals surface area contributed by atoms with Crippen molar-refractivity contribution in [2.45, 2.75) is 38.1 Å². The van der Waals surface area contributed by atoms with E-state index in [-0.39, 0.29) is 11.9 Å². The van der Waals surface area contributed by atoms with Crippen LogP contribution in [0.2, 0.25) is 0 Å². The van der Waals surface area contributed by atoms with Gasteiger partial charge in [0.25, 0.3) is 0 Å². The SMILES string of the molecule is CNC1CC(C(=O)OC)C2CCCCC12. The van der Waals surface area contributed by atoms with Crippen LogP contribution >= 0.6 is 0 Å². The Morgan fingerprint density at radius 2 is 1.93 bits per heavy atom. The zero-order valence-corrected chi connectivity index (χ0v) is 9.66. The van der Waals surface area contributed by atoms with Crippen molar-refractivity contribution in [3.05, 3.63) is 0 Å². The third kappa shape index (κ3) is 1.89. The highest BCUT2D eigenvalue weighted by molar-refractivity contribution is 5.73. The summed E-state index contributed by atoms with van der Waals surface area (Å²) >= 11 is 0. The van der Waals surface area contributed by atoms with Crippen LogP contribution in [-0.4, -0.2) is 26.2 Å². The predicted octanol–water partition coefficient (Wildman–Crippen LogP) is 1.57. The Kier molecular flexibility index (Phi) is 3.29. The van der Waals surface area contributed by atoms with Gasteiger partial charge in [-0.1, -0.05) is 12.8 Å². The minimum Gasteiger partial charge on any atom is -0.469 e. The molecule has 0 heterocycles. The first-order valence-corrected chi connectivity index (χ1v) is 6.03. The van der Waals surface area contributed by atoms with Crippen LogP contribution in [0.1, 0.15) is 32.1 Å². The summed E-state index contributed by atoms with van der Waals surface area (Å²) in [4.78, 5) is 11.7. The maximum atomic E-state index is 11.7. The predicted molar refractivity (Wildman–Crippen MR) is 58.4 cm³/mol. The molecule has 2 saturated carbocycles. The molecule has 2 aliphatic carbocycles. The fraction of sp³-hybridized carbons (Fsp3) is 0.917. The van der Waals surface area contributed by atoms with Crippen LogP contribution in [0.15, 0.2) is 0 Å². The second kappa shape index (κ2) is 4.52. The molecule has 0 amide bonds. The molecule has 0 aliphatic heterocycles. The summed E-state index contributed by atoms with van der Waals surface area (Å²) in [6.45, 7) is 0. The molecule has 0 spiro atoms. The van der Waals surface area contributed by atoms with Crippen LogP contribution in [0.3, 0.4) is 0 Å². The minimum atomic E-state index is 0.00431. The van der Waals surface area contributed by atoms with Crippen LogP contribution in [0.4, 0.5) is 0 Å². The highest BCUT2D eigenvalue weighted by Crippen LogP contribution is 2.46. The van der Waals surface area contributed by atoms with Crippen molar-refractivity contribution in [2.24, 2.45) is 17.8 Å². The van der Waals surface area contributed by atoms with E-state index < -0.39 is 0 Å². The fourth-order valence-corrected chi connectivity index (χ4v) is 3.56. The summed E-state index contributed by atoms with van der Waals surface area (Å²) in [5.41, 5.74) is 0. The van der Waals surface area contributed by atoms with E-state index >= 15 is 0 Å². The first kappa shape index (κ1) is 10.9. The Balaban J connectivity index is 2.10. The molecular formula is C12H21NO2. The topological polar surface area (TPSA) is 38.3 Å². The number of rotatable bonds is 2. The maximum Gasteiger partial charge on any atom is 0.309 e. The smallest absolute Gasteiger partial charge is 0.309 e. The van der Waals surface area contributed by atoms with Gasteiger partial charge in [0.1, 0.15) is 0 Å². The van der Waals surface area contributed by atoms with Crippen molar-refractivity contribution in [1.29, 1.82) is 0 Å². The first-order valence-electron chi connectivity index (χ1n) is 6.03. The summed E-state index contributed by atoms with van der Waals surface area (Å²) in [6.07, 6.45) is 6.07. The average molecular weight is 211 g/mol. The Labute approximate surface area is 91.6 Å². The highest BCUT2D eigenvalue weighted by atomic mass is 16.5. The molecule has 0 aromatic carbocycles. The summed E-state index contributed by atoms with van der Waals surface area (Å²) in [7, 11) is 3.52. The van der Waals surface area contributed by atoms with Gasteiger partial charge >= 0.3 is 5.97 Å². The average Bonchev–Trinajstić information content (AvgIpc) is 2.67. The van der Waals surface area contributed by atoms with Crippen molar-refractivity contribution < 1.29 is 9.53 Å². The maximum absolute atomic E-state index is 11.7. The summed E-state index contributed by atoms with van der Waals surface area (Å²) in [5.74, 6) is 1.43. The third-order valence-corrected chi connectivity index (χ3v) is 4.29. The monoisotopic (exact) mass is 211 g/mol. The third-order valence-electron chi connectivity index (χ3n) is 4.29. The summed E-state index contributed by atoms with van der Waals surface area (Å²) in [5, 5.41) is 3.36. The van der Waals surface area contributed by atoms with Gasteiger partial charge in [-0.25, -0.2) is 0 Å². The van der Waals surface area contributed by atoms with Crippen molar-refractivity contribution in [1.82, 2.24) is 5.32 Å². The fourth-order valence-electron chi connectivity index (χ4n) is 3.56. The van der Waals surface area contributed by atoms with Crippen LogP contribution in [0, 0.1) is 17.8 Å². The minimum absolute atomic E-state index is 0.00431. The molecule has 15 heavy (non-hydrogen) atoms. The molecule has 2 rings (SSSR count). The van der Waals surface area contributed by atoms with E-state index in [0.29, 0.717) is 17.9 Å². The summed E-state index contributed by atoms with van der Waals surface area (Å²) < 4.78 is 4.91. The van der Waals surface area contributed by atoms with Gasteiger partial charge in [0.2, 0.25) is 0 Å². The molecule has 86 valence electrons. The van der Waals surface area contributed by atoms with E-state index in [1.165, 1.54) is 32.8 Å². The molecule has 0 aromatic rings. The molecule has 1 N–H and O–H groups in total. The largest absolute Gasteiger partial charge is 0.469 e. The van der Waals surface area contributed by atoms with Gasteiger partial charge < -0.3 is 10.1 Å². The number of hydrogen-bond donors (Lipinski definition) is 1. The van der Waals surface area contributed by atoms with Gasteiger partial charge in [-0.3, -0.25) is 4.79 Å². The van der Waals surface area contributed by atoms with Gasteiger partial charge in [-0.15, -0.1) is 0 Å². The van der Waals surface area contributed by atoms with Gasteiger partial charge in [-0.2, -0.15) is 0 Å². The zero-order valence-electron chi connectivity index (χ0n) is 9.66. The number of carbonyl (C=O) groups is 1. The Morgan fingerprint density at radius 3 is 2.53 bits per heavy atom. The molecule has 3 nitrogen and oxygen atoms in total.